The Bertz CT molecular complexity index is 822. The summed E-state index contributed by atoms with van der Waals surface area (Å²) in [7, 11) is 3.03. The van der Waals surface area contributed by atoms with E-state index in [0.29, 0.717) is 36.9 Å². The van der Waals surface area contributed by atoms with E-state index in [4.69, 9.17) is 14.2 Å². The fourth-order valence-corrected chi connectivity index (χ4v) is 3.39. The second-order valence-electron chi connectivity index (χ2n) is 7.11. The van der Waals surface area contributed by atoms with Crippen molar-refractivity contribution in [1.82, 2.24) is 9.80 Å². The van der Waals surface area contributed by atoms with E-state index in [1.807, 2.05) is 48.2 Å². The van der Waals surface area contributed by atoms with E-state index in [0.717, 1.165) is 24.2 Å². The Morgan fingerprint density at radius 1 is 1.03 bits per heavy atom. The molecule has 1 fully saturated rings. The average Bonchev–Trinajstić information content (AvgIpc) is 2.73. The maximum atomic E-state index is 12.4. The van der Waals surface area contributed by atoms with E-state index < -0.39 is 0 Å². The van der Waals surface area contributed by atoms with Gasteiger partial charge in [0.2, 0.25) is 5.75 Å². The van der Waals surface area contributed by atoms with E-state index in [-0.39, 0.29) is 18.3 Å². The number of phenolic OH excluding ortho intramolecular Hbond substituents is 1. The molecule has 1 aliphatic heterocycles. The number of aryl methyl sites for hydroxylation is 1. The lowest BCUT2D eigenvalue weighted by Gasteiger charge is -2.34. The van der Waals surface area contributed by atoms with Crippen LogP contribution in [0.15, 0.2) is 36.4 Å². The van der Waals surface area contributed by atoms with Gasteiger partial charge in [-0.05, 0) is 42.3 Å². The number of aromatic hydroxyl groups is 1. The number of ether oxygens (including phenoxy) is 3. The van der Waals surface area contributed by atoms with Gasteiger partial charge in [-0.3, -0.25) is 9.69 Å². The van der Waals surface area contributed by atoms with Crippen molar-refractivity contribution < 1.29 is 24.1 Å². The second-order valence-corrected chi connectivity index (χ2v) is 7.11. The predicted molar refractivity (Wildman–Crippen MR) is 110 cm³/mol. The molecule has 1 saturated heterocycles. The second kappa shape index (κ2) is 9.52. The summed E-state index contributed by atoms with van der Waals surface area (Å²) in [6, 6.07) is 11.3. The fraction of sp³-hybridized carbons (Fsp3) is 0.409. The van der Waals surface area contributed by atoms with Gasteiger partial charge < -0.3 is 24.2 Å². The third-order valence-corrected chi connectivity index (χ3v) is 5.02. The van der Waals surface area contributed by atoms with Crippen LogP contribution in [-0.2, 0) is 11.3 Å². The largest absolute Gasteiger partial charge is 0.502 e. The number of rotatable bonds is 7. The molecule has 0 aromatic heterocycles. The Labute approximate surface area is 171 Å². The number of nitrogens with zero attached hydrogens (tertiary/aromatic N) is 2. The molecule has 3 rings (SSSR count). The fourth-order valence-electron chi connectivity index (χ4n) is 3.39. The molecular weight excluding hydrogens is 372 g/mol. The summed E-state index contributed by atoms with van der Waals surface area (Å²) in [6.45, 7) is 5.58. The van der Waals surface area contributed by atoms with E-state index in [9.17, 15) is 9.90 Å². The molecule has 0 saturated carbocycles. The number of piperazine rings is 1. The molecule has 7 nitrogen and oxygen atoms in total. The first-order valence-electron chi connectivity index (χ1n) is 9.63. The quantitative estimate of drug-likeness (QED) is 0.770. The van der Waals surface area contributed by atoms with Crippen LogP contribution in [-0.4, -0.2) is 67.8 Å². The van der Waals surface area contributed by atoms with E-state index in [1.54, 1.807) is 0 Å². The summed E-state index contributed by atoms with van der Waals surface area (Å²) in [5.74, 6) is 1.50. The van der Waals surface area contributed by atoms with Gasteiger partial charge >= 0.3 is 0 Å². The van der Waals surface area contributed by atoms with Gasteiger partial charge in [-0.2, -0.15) is 0 Å². The summed E-state index contributed by atoms with van der Waals surface area (Å²) in [4.78, 5) is 16.5. The van der Waals surface area contributed by atoms with Crippen molar-refractivity contribution >= 4 is 5.91 Å². The number of carbonyl (C=O) groups excluding carboxylic acids is 1. The van der Waals surface area contributed by atoms with Gasteiger partial charge in [0.05, 0.1) is 14.2 Å². The van der Waals surface area contributed by atoms with Crippen molar-refractivity contribution in [2.45, 2.75) is 13.5 Å². The number of benzene rings is 2. The number of methoxy groups -OCH3 is 2. The SMILES string of the molecule is COc1cc(CN2CCN(C(=O)COc3cccc(C)c3)CC2)cc(OC)c1O. The standard InChI is InChI=1S/C22H28N2O5/c1-16-5-4-6-18(11-16)29-15-21(25)24-9-7-23(8-10-24)14-17-12-19(27-2)22(26)20(13-17)28-3/h4-6,11-13,26H,7-10,14-15H2,1-3H3. The molecule has 0 aliphatic carbocycles. The first-order chi connectivity index (χ1) is 14.0. The van der Waals surface area contributed by atoms with Crippen molar-refractivity contribution in [3.05, 3.63) is 47.5 Å². The Morgan fingerprint density at radius 2 is 1.69 bits per heavy atom. The van der Waals surface area contributed by atoms with Crippen LogP contribution >= 0.6 is 0 Å². The molecule has 0 spiro atoms. The van der Waals surface area contributed by atoms with Crippen molar-refractivity contribution in [2.24, 2.45) is 0 Å². The van der Waals surface area contributed by atoms with Gasteiger partial charge in [0.25, 0.3) is 5.91 Å². The first kappa shape index (κ1) is 20.8. The zero-order valence-electron chi connectivity index (χ0n) is 17.2. The molecule has 1 heterocycles. The van der Waals surface area contributed by atoms with Crippen LogP contribution in [0.25, 0.3) is 0 Å². The van der Waals surface area contributed by atoms with Crippen LogP contribution in [0.3, 0.4) is 0 Å². The molecular formula is C22H28N2O5. The first-order valence-corrected chi connectivity index (χ1v) is 9.63. The highest BCUT2D eigenvalue weighted by Gasteiger charge is 2.22. The number of amides is 1. The smallest absolute Gasteiger partial charge is 0.260 e. The number of phenols is 1. The Morgan fingerprint density at radius 3 is 2.28 bits per heavy atom. The number of hydrogen-bond donors (Lipinski definition) is 1. The highest BCUT2D eigenvalue weighted by Crippen LogP contribution is 2.37. The summed E-state index contributed by atoms with van der Waals surface area (Å²) in [6.07, 6.45) is 0. The molecule has 2 aromatic rings. The van der Waals surface area contributed by atoms with Crippen molar-refractivity contribution in [3.63, 3.8) is 0 Å². The zero-order valence-corrected chi connectivity index (χ0v) is 17.2. The summed E-state index contributed by atoms with van der Waals surface area (Å²) in [5, 5.41) is 10.0. The van der Waals surface area contributed by atoms with Gasteiger partial charge in [0.15, 0.2) is 18.1 Å². The van der Waals surface area contributed by atoms with Crippen LogP contribution in [0.5, 0.6) is 23.0 Å². The monoisotopic (exact) mass is 400 g/mol. The molecule has 156 valence electrons. The maximum Gasteiger partial charge on any atom is 0.260 e. The van der Waals surface area contributed by atoms with Gasteiger partial charge in [0, 0.05) is 32.7 Å². The lowest BCUT2D eigenvalue weighted by atomic mass is 10.1. The van der Waals surface area contributed by atoms with Gasteiger partial charge in [-0.1, -0.05) is 12.1 Å². The van der Waals surface area contributed by atoms with Gasteiger partial charge in [0.1, 0.15) is 5.75 Å². The minimum absolute atomic E-state index is 0.000807. The van der Waals surface area contributed by atoms with Crippen LogP contribution < -0.4 is 14.2 Å². The molecule has 1 amide bonds. The van der Waals surface area contributed by atoms with E-state index >= 15 is 0 Å². The average molecular weight is 400 g/mol. The number of carbonyl (C=O) groups is 1. The normalized spacial score (nSPS) is 14.5. The number of hydrogen-bond acceptors (Lipinski definition) is 6. The maximum absolute atomic E-state index is 12.4. The molecule has 1 N–H and O–H groups in total. The summed E-state index contributed by atoms with van der Waals surface area (Å²) in [5.41, 5.74) is 2.09. The van der Waals surface area contributed by atoms with Crippen LogP contribution in [0, 0.1) is 6.92 Å². The lowest BCUT2D eigenvalue weighted by Crippen LogP contribution is -2.49. The molecule has 0 bridgehead atoms. The Kier molecular flexibility index (Phi) is 6.82. The third kappa shape index (κ3) is 5.32. The minimum atomic E-state index is -0.000807. The van der Waals surface area contributed by atoms with E-state index in [1.165, 1.54) is 14.2 Å². The lowest BCUT2D eigenvalue weighted by molar-refractivity contribution is -0.135. The van der Waals surface area contributed by atoms with Gasteiger partial charge in [-0.25, -0.2) is 0 Å². The molecule has 0 atom stereocenters. The molecule has 1 aliphatic rings. The zero-order chi connectivity index (χ0) is 20.8. The highest BCUT2D eigenvalue weighted by atomic mass is 16.5. The molecule has 0 radical (unpaired) electrons. The molecule has 0 unspecified atom stereocenters. The minimum Gasteiger partial charge on any atom is -0.502 e. The van der Waals surface area contributed by atoms with E-state index in [2.05, 4.69) is 4.90 Å². The topological polar surface area (TPSA) is 71.5 Å². The Balaban J connectivity index is 1.51. The predicted octanol–water partition coefficient (Wildman–Crippen LogP) is 2.44. The van der Waals surface area contributed by atoms with Crippen molar-refractivity contribution in [2.75, 3.05) is 47.0 Å². The summed E-state index contributed by atoms with van der Waals surface area (Å²) >= 11 is 0. The molecule has 7 heteroatoms. The molecule has 2 aromatic carbocycles. The highest BCUT2D eigenvalue weighted by molar-refractivity contribution is 5.77. The summed E-state index contributed by atoms with van der Waals surface area (Å²) < 4.78 is 16.1. The van der Waals surface area contributed by atoms with Gasteiger partial charge in [-0.15, -0.1) is 0 Å². The Hall–Kier alpha value is -2.93. The van der Waals surface area contributed by atoms with Crippen molar-refractivity contribution in [1.29, 1.82) is 0 Å². The van der Waals surface area contributed by atoms with Crippen LogP contribution in [0.1, 0.15) is 11.1 Å². The van der Waals surface area contributed by atoms with Crippen molar-refractivity contribution in [3.8, 4) is 23.0 Å². The third-order valence-electron chi connectivity index (χ3n) is 5.02. The molecule has 29 heavy (non-hydrogen) atoms. The van der Waals surface area contributed by atoms with Crippen LogP contribution in [0.2, 0.25) is 0 Å². The van der Waals surface area contributed by atoms with Crippen LogP contribution in [0.4, 0.5) is 0 Å².